The van der Waals surface area contributed by atoms with Crippen molar-refractivity contribution in [1.82, 2.24) is 0 Å². The summed E-state index contributed by atoms with van der Waals surface area (Å²) in [4.78, 5) is 0. The van der Waals surface area contributed by atoms with Crippen LogP contribution in [-0.4, -0.2) is 0 Å². The molecule has 204 valence electrons. The minimum Gasteiger partial charge on any atom is -0.356 e. The van der Waals surface area contributed by atoms with Crippen molar-refractivity contribution in [1.29, 1.82) is 0 Å². The van der Waals surface area contributed by atoms with Crippen LogP contribution in [-0.2, 0) is 5.41 Å². The summed E-state index contributed by atoms with van der Waals surface area (Å²) >= 11 is 0. The van der Waals surface area contributed by atoms with Crippen molar-refractivity contribution in [2.75, 3.05) is 5.32 Å². The Morgan fingerprint density at radius 1 is 0.442 bits per heavy atom. The average Bonchev–Trinajstić information content (AvgIpc) is 3.36. The summed E-state index contributed by atoms with van der Waals surface area (Å²) < 4.78 is 0. The van der Waals surface area contributed by atoms with E-state index in [1.807, 2.05) is 0 Å². The predicted octanol–water partition coefficient (Wildman–Crippen LogP) is 10.9. The van der Waals surface area contributed by atoms with E-state index < -0.39 is 5.41 Å². The summed E-state index contributed by atoms with van der Waals surface area (Å²) in [5.41, 5.74) is 13.2. The van der Waals surface area contributed by atoms with E-state index in [2.05, 4.69) is 176 Å². The molecular formula is C42H31N. The van der Waals surface area contributed by atoms with Crippen molar-refractivity contribution in [3.8, 4) is 22.3 Å². The third-order valence-electron chi connectivity index (χ3n) is 8.98. The van der Waals surface area contributed by atoms with E-state index in [1.54, 1.807) is 0 Å². The highest BCUT2D eigenvalue weighted by Crippen LogP contribution is 2.59. The van der Waals surface area contributed by atoms with Gasteiger partial charge in [-0.2, -0.15) is 0 Å². The summed E-state index contributed by atoms with van der Waals surface area (Å²) in [5.74, 6) is 0. The van der Waals surface area contributed by atoms with Gasteiger partial charge in [0, 0.05) is 11.4 Å². The van der Waals surface area contributed by atoms with Gasteiger partial charge in [0.2, 0.25) is 0 Å². The summed E-state index contributed by atoms with van der Waals surface area (Å²) in [7, 11) is 0. The molecule has 0 aliphatic heterocycles. The molecule has 0 bridgehead atoms. The Bertz CT molecular complexity index is 2040. The van der Waals surface area contributed by atoms with Gasteiger partial charge in [-0.25, -0.2) is 0 Å². The molecule has 43 heavy (non-hydrogen) atoms. The molecule has 7 aromatic rings. The zero-order valence-corrected chi connectivity index (χ0v) is 24.1. The van der Waals surface area contributed by atoms with Gasteiger partial charge >= 0.3 is 0 Å². The van der Waals surface area contributed by atoms with Gasteiger partial charge in [-0.15, -0.1) is 0 Å². The number of aryl methyl sites for hydroxylation is 1. The van der Waals surface area contributed by atoms with Gasteiger partial charge in [-0.05, 0) is 92.5 Å². The van der Waals surface area contributed by atoms with Crippen molar-refractivity contribution in [2.45, 2.75) is 12.3 Å². The van der Waals surface area contributed by atoms with Gasteiger partial charge in [0.1, 0.15) is 0 Å². The zero-order valence-electron chi connectivity index (χ0n) is 24.1. The smallest absolute Gasteiger partial charge is 0.0714 e. The van der Waals surface area contributed by atoms with Crippen molar-refractivity contribution in [3.05, 3.63) is 192 Å². The highest BCUT2D eigenvalue weighted by Gasteiger charge is 2.47. The third-order valence-corrected chi connectivity index (χ3v) is 8.98. The lowest BCUT2D eigenvalue weighted by molar-refractivity contribution is 0.769. The maximum absolute atomic E-state index is 3.68. The lowest BCUT2D eigenvalue weighted by Crippen LogP contribution is -2.28. The SMILES string of the molecule is Cc1ccc(-c2cc3c(c4ccccc24)-c2ccc(Nc4ccccc4)cc2C3(c2ccccc2)c2ccccc2)cc1. The van der Waals surface area contributed by atoms with E-state index in [4.69, 9.17) is 0 Å². The maximum Gasteiger partial charge on any atom is 0.0714 e. The molecule has 0 radical (unpaired) electrons. The molecule has 0 saturated carbocycles. The fraction of sp³-hybridized carbons (Fsp3) is 0.0476. The lowest BCUT2D eigenvalue weighted by Gasteiger charge is -2.34. The molecule has 7 aromatic carbocycles. The van der Waals surface area contributed by atoms with Crippen LogP contribution in [0.2, 0.25) is 0 Å². The predicted molar refractivity (Wildman–Crippen MR) is 181 cm³/mol. The second-order valence-electron chi connectivity index (χ2n) is 11.5. The summed E-state index contributed by atoms with van der Waals surface area (Å²) in [5, 5.41) is 6.24. The van der Waals surface area contributed by atoms with Crippen LogP contribution in [0, 0.1) is 6.92 Å². The lowest BCUT2D eigenvalue weighted by atomic mass is 9.67. The Morgan fingerprint density at radius 2 is 1.02 bits per heavy atom. The molecule has 0 amide bonds. The first kappa shape index (κ1) is 25.3. The Hall–Kier alpha value is -5.40. The molecule has 0 aromatic heterocycles. The van der Waals surface area contributed by atoms with E-state index >= 15 is 0 Å². The number of hydrogen-bond donors (Lipinski definition) is 1. The molecule has 8 rings (SSSR count). The highest BCUT2D eigenvalue weighted by molar-refractivity contribution is 6.10. The normalized spacial score (nSPS) is 13.0. The van der Waals surface area contributed by atoms with Crippen LogP contribution < -0.4 is 5.32 Å². The molecule has 0 heterocycles. The molecule has 0 saturated heterocycles. The summed E-state index contributed by atoms with van der Waals surface area (Å²) in [6.07, 6.45) is 0. The Balaban J connectivity index is 1.51. The number of nitrogens with one attached hydrogen (secondary N) is 1. The van der Waals surface area contributed by atoms with Gasteiger partial charge in [-0.3, -0.25) is 0 Å². The van der Waals surface area contributed by atoms with Gasteiger partial charge in [0.15, 0.2) is 0 Å². The van der Waals surface area contributed by atoms with E-state index in [0.29, 0.717) is 0 Å². The Morgan fingerprint density at radius 3 is 1.67 bits per heavy atom. The molecule has 1 nitrogen and oxygen atoms in total. The Labute approximate surface area is 253 Å². The van der Waals surface area contributed by atoms with Crippen LogP contribution in [0.4, 0.5) is 11.4 Å². The van der Waals surface area contributed by atoms with Crippen molar-refractivity contribution in [3.63, 3.8) is 0 Å². The fourth-order valence-electron chi connectivity index (χ4n) is 7.08. The number of fused-ring (bicyclic) bond motifs is 5. The average molecular weight is 550 g/mol. The number of anilines is 2. The number of rotatable bonds is 5. The van der Waals surface area contributed by atoms with E-state index in [0.717, 1.165) is 11.4 Å². The Kier molecular flexibility index (Phi) is 5.98. The van der Waals surface area contributed by atoms with Crippen LogP contribution in [0.15, 0.2) is 164 Å². The first-order chi connectivity index (χ1) is 21.2. The molecule has 1 heteroatoms. The maximum atomic E-state index is 3.68. The van der Waals surface area contributed by atoms with Gasteiger partial charge in [0.05, 0.1) is 5.41 Å². The molecule has 1 N–H and O–H groups in total. The minimum absolute atomic E-state index is 0.495. The van der Waals surface area contributed by atoms with Crippen LogP contribution in [0.1, 0.15) is 27.8 Å². The van der Waals surface area contributed by atoms with Crippen LogP contribution in [0.5, 0.6) is 0 Å². The van der Waals surface area contributed by atoms with E-state index in [9.17, 15) is 0 Å². The first-order valence-corrected chi connectivity index (χ1v) is 14.9. The summed E-state index contributed by atoms with van der Waals surface area (Å²) in [6.45, 7) is 2.15. The second kappa shape index (κ2) is 10.2. The van der Waals surface area contributed by atoms with E-state index in [-0.39, 0.29) is 0 Å². The van der Waals surface area contributed by atoms with Crippen molar-refractivity contribution >= 4 is 22.1 Å². The second-order valence-corrected chi connectivity index (χ2v) is 11.5. The highest BCUT2D eigenvalue weighted by atomic mass is 14.9. The van der Waals surface area contributed by atoms with Gasteiger partial charge in [0.25, 0.3) is 0 Å². The first-order valence-electron chi connectivity index (χ1n) is 14.9. The summed E-state index contributed by atoms with van der Waals surface area (Å²) in [6, 6.07) is 59.8. The molecule has 1 aliphatic carbocycles. The number of benzene rings is 7. The minimum atomic E-state index is -0.495. The third kappa shape index (κ3) is 4.00. The quantitative estimate of drug-likeness (QED) is 0.225. The topological polar surface area (TPSA) is 12.0 Å². The molecule has 0 fully saturated rings. The van der Waals surface area contributed by atoms with Crippen molar-refractivity contribution in [2.24, 2.45) is 0 Å². The number of para-hydroxylation sites is 1. The molecule has 0 unspecified atom stereocenters. The van der Waals surface area contributed by atoms with Crippen LogP contribution in [0.25, 0.3) is 33.0 Å². The largest absolute Gasteiger partial charge is 0.356 e. The van der Waals surface area contributed by atoms with Gasteiger partial charge in [-0.1, -0.05) is 139 Å². The monoisotopic (exact) mass is 549 g/mol. The van der Waals surface area contributed by atoms with Gasteiger partial charge < -0.3 is 5.32 Å². The van der Waals surface area contributed by atoms with Crippen molar-refractivity contribution < 1.29 is 0 Å². The van der Waals surface area contributed by atoms with E-state index in [1.165, 1.54) is 60.8 Å². The molecule has 0 spiro atoms. The number of hydrogen-bond acceptors (Lipinski definition) is 1. The van der Waals surface area contributed by atoms with Crippen LogP contribution >= 0.6 is 0 Å². The standard InChI is InChI=1S/C42H31N/c1-29-21-23-30(24-22-29)38-28-40-41(36-20-12-11-19-35(36)38)37-26-25-34(43-33-17-9-4-10-18-33)27-39(37)42(40,31-13-5-2-6-14-31)32-15-7-3-8-16-32/h2-28,43H,1H3. The molecule has 1 aliphatic rings. The molecule has 0 atom stereocenters. The molecular weight excluding hydrogens is 518 g/mol. The van der Waals surface area contributed by atoms with Crippen LogP contribution in [0.3, 0.4) is 0 Å². The fourth-order valence-corrected chi connectivity index (χ4v) is 7.08. The zero-order chi connectivity index (χ0) is 28.8.